The van der Waals surface area contributed by atoms with Crippen LogP contribution in [0.4, 0.5) is 0 Å². The third-order valence-electron chi connectivity index (χ3n) is 17.6. The van der Waals surface area contributed by atoms with Gasteiger partial charge >= 0.3 is 33.6 Å². The molecule has 5 atom stereocenters. The molecule has 0 heterocycles. The van der Waals surface area contributed by atoms with Gasteiger partial charge in [0.15, 0.2) is 6.10 Å². The lowest BCUT2D eigenvalue weighted by Crippen LogP contribution is -2.30. The van der Waals surface area contributed by atoms with E-state index < -0.39 is 91.5 Å². The first-order valence-corrected chi connectivity index (χ1v) is 46.1. The van der Waals surface area contributed by atoms with Crippen molar-refractivity contribution in [2.45, 2.75) is 347 Å². The van der Waals surface area contributed by atoms with Crippen molar-refractivity contribution < 1.29 is 75.8 Å². The number of aliphatic hydroxyl groups excluding tert-OH is 2. The number of aliphatic hydroxyl groups is 2. The number of phosphoric acid groups is 2. The molecule has 0 aromatic heterocycles. The molecule has 0 saturated heterocycles. The lowest BCUT2D eigenvalue weighted by atomic mass is 10.0. The molecule has 0 rings (SSSR count). The SMILES string of the molecule is CC/C=C\C/C=C\C/C=C\C/C=C\C/C=C\C/C=C\CCCCCCC(=O)OC(COC(=O)CCCCCCCCCCC/C=C\C/C=C\C/C=C\C/C=C\C/C=C\CC)COP(=O)(O)OCC(O)COP(=O)(O)OCC(O)COC(=O)CCCCCCCCCCCCC/C=C\C/C=C\C/C=C\C/C=C\CCCCC. The molecule has 632 valence electrons. The van der Waals surface area contributed by atoms with Crippen molar-refractivity contribution in [1.29, 1.82) is 0 Å². The van der Waals surface area contributed by atoms with Crippen LogP contribution in [-0.2, 0) is 55.8 Å². The Balaban J connectivity index is 4.71. The van der Waals surface area contributed by atoms with Gasteiger partial charge in [0.25, 0.3) is 0 Å². The van der Waals surface area contributed by atoms with Crippen molar-refractivity contribution >= 4 is 33.6 Å². The maximum Gasteiger partial charge on any atom is 0.472 e. The fraction of sp³-hybridized carbons (Fsp3) is 0.645. The topological polar surface area (TPSA) is 231 Å². The van der Waals surface area contributed by atoms with E-state index in [1.807, 2.05) is 0 Å². The van der Waals surface area contributed by atoms with Gasteiger partial charge in [-0.3, -0.25) is 32.5 Å². The molecule has 18 heteroatoms. The largest absolute Gasteiger partial charge is 0.472 e. The lowest BCUT2D eigenvalue weighted by molar-refractivity contribution is -0.161. The average Bonchev–Trinajstić information content (AvgIpc) is 0.920. The normalized spacial score (nSPS) is 14.8. The Kier molecular flexibility index (Phi) is 80.0. The zero-order chi connectivity index (χ0) is 80.8. The van der Waals surface area contributed by atoms with Crippen LogP contribution >= 0.6 is 15.6 Å². The number of carbonyl (C=O) groups excluding carboxylic acids is 3. The van der Waals surface area contributed by atoms with Crippen LogP contribution in [0, 0.1) is 0 Å². The predicted octanol–water partition coefficient (Wildman–Crippen LogP) is 26.1. The number of unbranched alkanes of at least 4 members (excludes halogenated alkanes) is 27. The summed E-state index contributed by atoms with van der Waals surface area (Å²) in [4.78, 5) is 58.9. The Hall–Kier alpha value is -5.35. The van der Waals surface area contributed by atoms with Gasteiger partial charge in [0.05, 0.1) is 26.4 Å². The number of allylic oxidation sites excluding steroid dienone is 30. The summed E-state index contributed by atoms with van der Waals surface area (Å²) in [6.07, 6.45) is 109. The third-order valence-corrected chi connectivity index (χ3v) is 19.5. The number of carbonyl (C=O) groups is 3. The molecule has 0 amide bonds. The molecular formula is C93H154O16P2. The van der Waals surface area contributed by atoms with Crippen molar-refractivity contribution in [3.05, 3.63) is 182 Å². The number of rotatable bonds is 80. The Morgan fingerprint density at radius 1 is 0.261 bits per heavy atom. The van der Waals surface area contributed by atoms with E-state index in [2.05, 4.69) is 203 Å². The fourth-order valence-electron chi connectivity index (χ4n) is 11.1. The molecule has 0 aliphatic rings. The molecule has 0 bridgehead atoms. The van der Waals surface area contributed by atoms with E-state index in [1.54, 1.807) is 0 Å². The van der Waals surface area contributed by atoms with E-state index in [-0.39, 0.29) is 19.3 Å². The third kappa shape index (κ3) is 85.4. The molecule has 0 aliphatic carbocycles. The zero-order valence-corrected chi connectivity index (χ0v) is 71.1. The van der Waals surface area contributed by atoms with Crippen molar-refractivity contribution in [2.75, 3.05) is 39.6 Å². The quantitative estimate of drug-likeness (QED) is 0.0146. The lowest BCUT2D eigenvalue weighted by Gasteiger charge is -2.21. The first kappa shape index (κ1) is 106. The minimum Gasteiger partial charge on any atom is -0.463 e. The summed E-state index contributed by atoms with van der Waals surface area (Å²) >= 11 is 0. The van der Waals surface area contributed by atoms with Gasteiger partial charge in [0.1, 0.15) is 25.4 Å². The van der Waals surface area contributed by atoms with Gasteiger partial charge in [-0.15, -0.1) is 0 Å². The molecule has 0 spiro atoms. The van der Waals surface area contributed by atoms with Crippen LogP contribution in [0.2, 0.25) is 0 Å². The van der Waals surface area contributed by atoms with Crippen LogP contribution in [-0.4, -0.2) is 95.9 Å². The van der Waals surface area contributed by atoms with Crippen LogP contribution < -0.4 is 0 Å². The summed E-state index contributed by atoms with van der Waals surface area (Å²) in [7, 11) is -9.83. The molecular weight excluding hydrogens is 1430 g/mol. The molecule has 0 aliphatic heterocycles. The van der Waals surface area contributed by atoms with Gasteiger partial charge in [0.2, 0.25) is 0 Å². The van der Waals surface area contributed by atoms with Crippen LogP contribution in [0.15, 0.2) is 182 Å². The first-order chi connectivity index (χ1) is 54.2. The van der Waals surface area contributed by atoms with E-state index in [0.717, 1.165) is 173 Å². The minimum absolute atomic E-state index is 0.0662. The van der Waals surface area contributed by atoms with Crippen LogP contribution in [0.25, 0.3) is 0 Å². The van der Waals surface area contributed by atoms with Crippen LogP contribution in [0.5, 0.6) is 0 Å². The summed E-state index contributed by atoms with van der Waals surface area (Å²) in [5, 5.41) is 20.7. The Bertz CT molecular complexity index is 2750. The van der Waals surface area contributed by atoms with E-state index in [0.29, 0.717) is 19.3 Å². The summed E-state index contributed by atoms with van der Waals surface area (Å²) in [6.45, 7) is 2.40. The first-order valence-electron chi connectivity index (χ1n) is 43.1. The number of esters is 3. The molecule has 0 radical (unpaired) electrons. The summed E-state index contributed by atoms with van der Waals surface area (Å²) in [5.74, 6) is -1.62. The molecule has 0 fully saturated rings. The number of phosphoric ester groups is 2. The van der Waals surface area contributed by atoms with Gasteiger partial charge < -0.3 is 34.2 Å². The number of hydrogen-bond donors (Lipinski definition) is 4. The molecule has 16 nitrogen and oxygen atoms in total. The molecule has 0 saturated carbocycles. The van der Waals surface area contributed by atoms with Crippen LogP contribution in [0.1, 0.15) is 329 Å². The monoisotopic (exact) mass is 1590 g/mol. The standard InChI is InChI=1S/C93H154O16P2/c1-4-7-10-13-16-19-22-25-28-31-34-37-40-42-43-45-48-49-52-55-58-61-64-67-70-73-76-79-91(96)103-82-88(94)83-105-110(99,100)106-84-89(95)85-107-111(101,102)108-87-90(109-93(98)81-78-75-72-69-66-63-60-57-54-51-46-39-36-33-30-27-24-21-18-15-12-9-6-3)86-104-92(97)80-77-74-71-68-65-62-59-56-53-50-47-44-41-38-35-32-29-26-23-20-17-14-11-8-5-2/h8-9,11-12,16-21,25-30,34-39,42-44,47,51,54,60,63,88-90,94-95H,4-7,10,13-15,22-24,31-33,40-41,45-46,48-50,52-53,55-59,61-62,64-87H2,1-3H3,(H,99,100)(H,101,102)/b11-8-,12-9-,19-16-,20-17-,21-18-,28-25-,29-26-,30-27-,37-34-,38-35-,39-36-,43-42-,47-44-,54-51-,63-60-. The maximum absolute atomic E-state index is 13.0. The van der Waals surface area contributed by atoms with Crippen molar-refractivity contribution in [3.63, 3.8) is 0 Å². The van der Waals surface area contributed by atoms with Gasteiger partial charge in [-0.2, -0.15) is 0 Å². The molecule has 4 N–H and O–H groups in total. The van der Waals surface area contributed by atoms with Gasteiger partial charge in [-0.25, -0.2) is 9.13 Å². The minimum atomic E-state index is -4.95. The van der Waals surface area contributed by atoms with E-state index >= 15 is 0 Å². The van der Waals surface area contributed by atoms with Crippen LogP contribution in [0.3, 0.4) is 0 Å². The number of ether oxygens (including phenoxy) is 3. The summed E-state index contributed by atoms with van der Waals surface area (Å²) in [5.41, 5.74) is 0. The fourth-order valence-corrected chi connectivity index (χ4v) is 12.7. The highest BCUT2D eigenvalue weighted by molar-refractivity contribution is 7.47. The summed E-state index contributed by atoms with van der Waals surface area (Å²) in [6, 6.07) is 0. The van der Waals surface area contributed by atoms with Gasteiger partial charge in [-0.05, 0) is 161 Å². The van der Waals surface area contributed by atoms with Crippen molar-refractivity contribution in [2.24, 2.45) is 0 Å². The predicted molar refractivity (Wildman–Crippen MR) is 463 cm³/mol. The highest BCUT2D eigenvalue weighted by atomic mass is 31.2. The summed E-state index contributed by atoms with van der Waals surface area (Å²) < 4.78 is 61.4. The zero-order valence-electron chi connectivity index (χ0n) is 69.3. The Labute approximate surface area is 675 Å². The highest BCUT2D eigenvalue weighted by Gasteiger charge is 2.29. The molecule has 5 unspecified atom stereocenters. The molecule has 0 aromatic carbocycles. The average molecular weight is 1590 g/mol. The maximum atomic E-state index is 13.0. The van der Waals surface area contributed by atoms with Gasteiger partial charge in [-0.1, -0.05) is 331 Å². The van der Waals surface area contributed by atoms with Gasteiger partial charge in [0, 0.05) is 19.3 Å². The Morgan fingerprint density at radius 3 is 0.757 bits per heavy atom. The number of hydrogen-bond acceptors (Lipinski definition) is 14. The smallest absolute Gasteiger partial charge is 0.463 e. The second-order valence-corrected chi connectivity index (χ2v) is 31.1. The van der Waals surface area contributed by atoms with E-state index in [1.165, 1.54) is 96.3 Å². The van der Waals surface area contributed by atoms with E-state index in [4.69, 9.17) is 32.3 Å². The second-order valence-electron chi connectivity index (χ2n) is 28.2. The van der Waals surface area contributed by atoms with Crippen molar-refractivity contribution in [1.82, 2.24) is 0 Å². The second kappa shape index (κ2) is 84.1. The van der Waals surface area contributed by atoms with E-state index in [9.17, 15) is 43.5 Å². The molecule has 111 heavy (non-hydrogen) atoms. The molecule has 0 aromatic rings. The van der Waals surface area contributed by atoms with Crippen molar-refractivity contribution in [3.8, 4) is 0 Å². The Morgan fingerprint density at radius 2 is 0.477 bits per heavy atom. The highest BCUT2D eigenvalue weighted by Crippen LogP contribution is 2.45.